The Balaban J connectivity index is 1.14. The van der Waals surface area contributed by atoms with E-state index >= 15 is 0 Å². The fourth-order valence-corrected chi connectivity index (χ4v) is 5.24. The molecule has 2 aliphatic rings. The van der Waals surface area contributed by atoms with E-state index in [1.807, 2.05) is 31.3 Å². The highest BCUT2D eigenvalue weighted by Crippen LogP contribution is 2.28. The summed E-state index contributed by atoms with van der Waals surface area (Å²) in [5.74, 6) is 1.28. The van der Waals surface area contributed by atoms with Gasteiger partial charge >= 0.3 is 0 Å². The Kier molecular flexibility index (Phi) is 7.48. The largest absolute Gasteiger partial charge is 0.340 e. The maximum atomic E-state index is 13.2. The van der Waals surface area contributed by atoms with Crippen molar-refractivity contribution in [3.05, 3.63) is 83.8 Å². The van der Waals surface area contributed by atoms with Crippen molar-refractivity contribution in [1.29, 1.82) is 0 Å². The molecule has 6 rings (SSSR count). The summed E-state index contributed by atoms with van der Waals surface area (Å²) in [5.41, 5.74) is 5.87. The molecule has 3 aromatic heterocycles. The van der Waals surface area contributed by atoms with E-state index in [-0.39, 0.29) is 17.7 Å². The number of carbonyl (C=O) groups is 2. The van der Waals surface area contributed by atoms with Gasteiger partial charge in [-0.3, -0.25) is 19.6 Å². The standard InChI is InChI=1S/C30H31N9O2/c1-19-15-34-30-36-24-12-21(16-32-17-24)2-3-22-14-23(35-28(19)38-30)4-5-25(22)37-27(40)13-20-6-10-39(11-7-20)29(41)26-18-31-8-9-33-26/h4-5,8-9,12,14-18,20H,2-3,6-7,10-11,13H2,1H3,(H,37,40)(H2,34,35,36,38). The molecule has 0 aliphatic carbocycles. The van der Waals surface area contributed by atoms with Crippen LogP contribution in [0.5, 0.6) is 0 Å². The van der Waals surface area contributed by atoms with Crippen molar-refractivity contribution in [3.63, 3.8) is 0 Å². The van der Waals surface area contributed by atoms with E-state index in [0.717, 1.165) is 59.4 Å². The zero-order valence-corrected chi connectivity index (χ0v) is 22.8. The number of nitrogens with one attached hydrogen (secondary N) is 3. The summed E-state index contributed by atoms with van der Waals surface area (Å²) in [4.78, 5) is 49.2. The van der Waals surface area contributed by atoms with Crippen molar-refractivity contribution in [2.24, 2.45) is 5.92 Å². The van der Waals surface area contributed by atoms with E-state index < -0.39 is 0 Å². The minimum atomic E-state index is -0.111. The number of likely N-dealkylation sites (tertiary alicyclic amines) is 1. The van der Waals surface area contributed by atoms with E-state index in [4.69, 9.17) is 0 Å². The van der Waals surface area contributed by atoms with Gasteiger partial charge in [0.1, 0.15) is 11.5 Å². The Morgan fingerprint density at radius 2 is 1.83 bits per heavy atom. The number of fused-ring (bicyclic) bond motifs is 6. The summed E-state index contributed by atoms with van der Waals surface area (Å²) >= 11 is 0. The molecule has 5 heterocycles. The number of hydrogen-bond donors (Lipinski definition) is 3. The van der Waals surface area contributed by atoms with E-state index in [1.165, 1.54) is 12.4 Å². The van der Waals surface area contributed by atoms with Crippen LogP contribution >= 0.6 is 0 Å². The second-order valence-electron chi connectivity index (χ2n) is 10.5. The number of benzene rings is 1. The van der Waals surface area contributed by atoms with Crippen LogP contribution in [0.25, 0.3) is 0 Å². The number of anilines is 5. The molecule has 208 valence electrons. The van der Waals surface area contributed by atoms with Gasteiger partial charge in [0.2, 0.25) is 11.9 Å². The molecule has 4 aromatic rings. The number of carbonyl (C=O) groups excluding carboxylic acids is 2. The van der Waals surface area contributed by atoms with Crippen LogP contribution in [0.1, 0.15) is 46.4 Å². The van der Waals surface area contributed by atoms with E-state index in [1.54, 1.807) is 23.5 Å². The lowest BCUT2D eigenvalue weighted by Crippen LogP contribution is -2.39. The zero-order chi connectivity index (χ0) is 28.2. The van der Waals surface area contributed by atoms with Gasteiger partial charge in [-0.05, 0) is 73.9 Å². The van der Waals surface area contributed by atoms with E-state index in [2.05, 4.69) is 46.9 Å². The highest BCUT2D eigenvalue weighted by atomic mass is 16.2. The van der Waals surface area contributed by atoms with Crippen molar-refractivity contribution in [1.82, 2.24) is 29.8 Å². The molecule has 11 nitrogen and oxygen atoms in total. The molecular weight excluding hydrogens is 518 g/mol. The molecule has 6 bridgehead atoms. The first-order valence-electron chi connectivity index (χ1n) is 13.8. The topological polar surface area (TPSA) is 138 Å². The van der Waals surface area contributed by atoms with E-state index in [9.17, 15) is 9.59 Å². The molecule has 41 heavy (non-hydrogen) atoms. The van der Waals surface area contributed by atoms with Crippen LogP contribution < -0.4 is 16.0 Å². The predicted octanol–water partition coefficient (Wildman–Crippen LogP) is 4.44. The van der Waals surface area contributed by atoms with Crippen molar-refractivity contribution in [2.75, 3.05) is 29.0 Å². The Bertz CT molecular complexity index is 1570. The lowest BCUT2D eigenvalue weighted by molar-refractivity contribution is -0.117. The SMILES string of the molecule is Cc1cnc2nc1Nc1ccc(NC(=O)CC3CCN(C(=O)c4cnccn4)CC3)c(c1)CCc1cncc(c1)N2. The number of piperidine rings is 1. The number of amides is 2. The Morgan fingerprint density at radius 3 is 2.66 bits per heavy atom. The second kappa shape index (κ2) is 11.7. The summed E-state index contributed by atoms with van der Waals surface area (Å²) in [5, 5.41) is 9.81. The maximum Gasteiger partial charge on any atom is 0.274 e. The average Bonchev–Trinajstić information content (AvgIpc) is 2.99. The molecule has 11 heteroatoms. The number of rotatable bonds is 4. The first-order chi connectivity index (χ1) is 20.0. The van der Waals surface area contributed by atoms with Gasteiger partial charge in [0.25, 0.3) is 5.91 Å². The Hall–Kier alpha value is -4.93. The van der Waals surface area contributed by atoms with Gasteiger partial charge < -0.3 is 20.9 Å². The lowest BCUT2D eigenvalue weighted by atomic mass is 9.93. The third-order valence-electron chi connectivity index (χ3n) is 7.51. The van der Waals surface area contributed by atoms with Gasteiger partial charge in [-0.1, -0.05) is 0 Å². The Morgan fingerprint density at radius 1 is 0.951 bits per heavy atom. The minimum absolute atomic E-state index is 0.0206. The van der Waals surface area contributed by atoms with Gasteiger partial charge in [-0.2, -0.15) is 4.98 Å². The van der Waals surface area contributed by atoms with Crippen molar-refractivity contribution in [3.8, 4) is 0 Å². The van der Waals surface area contributed by atoms with Crippen molar-refractivity contribution >= 4 is 40.6 Å². The molecule has 0 saturated carbocycles. The van der Waals surface area contributed by atoms with Crippen LogP contribution in [0, 0.1) is 12.8 Å². The fraction of sp³-hybridized carbons (Fsp3) is 0.300. The zero-order valence-electron chi connectivity index (χ0n) is 22.8. The normalized spacial score (nSPS) is 14.9. The first kappa shape index (κ1) is 26.3. The summed E-state index contributed by atoms with van der Waals surface area (Å²) < 4.78 is 0. The molecular formula is C30H31N9O2. The summed E-state index contributed by atoms with van der Waals surface area (Å²) in [6, 6.07) is 8.01. The highest BCUT2D eigenvalue weighted by Gasteiger charge is 2.26. The molecule has 1 fully saturated rings. The molecule has 1 saturated heterocycles. The average molecular weight is 550 g/mol. The molecule has 0 unspecified atom stereocenters. The molecule has 0 radical (unpaired) electrons. The van der Waals surface area contributed by atoms with Crippen molar-refractivity contribution < 1.29 is 9.59 Å². The van der Waals surface area contributed by atoms with Gasteiger partial charge in [-0.25, -0.2) is 9.97 Å². The molecule has 1 aromatic carbocycles. The quantitative estimate of drug-likeness (QED) is 0.337. The maximum absolute atomic E-state index is 13.2. The minimum Gasteiger partial charge on any atom is -0.340 e. The van der Waals surface area contributed by atoms with Crippen LogP contribution in [-0.4, -0.2) is 54.7 Å². The first-order valence-corrected chi connectivity index (χ1v) is 13.8. The predicted molar refractivity (Wildman–Crippen MR) is 155 cm³/mol. The van der Waals surface area contributed by atoms with Crippen LogP contribution in [0.2, 0.25) is 0 Å². The third kappa shape index (κ3) is 6.29. The number of nitrogens with zero attached hydrogens (tertiary/aromatic N) is 6. The molecule has 2 amide bonds. The number of pyridine rings is 1. The number of aryl methyl sites for hydroxylation is 3. The lowest BCUT2D eigenvalue weighted by Gasteiger charge is -2.31. The van der Waals surface area contributed by atoms with Gasteiger partial charge in [-0.15, -0.1) is 0 Å². The van der Waals surface area contributed by atoms with Gasteiger partial charge in [0.15, 0.2) is 0 Å². The number of hydrogen-bond acceptors (Lipinski definition) is 9. The molecule has 0 atom stereocenters. The number of aromatic nitrogens is 5. The van der Waals surface area contributed by atoms with E-state index in [0.29, 0.717) is 37.0 Å². The smallest absolute Gasteiger partial charge is 0.274 e. The fourth-order valence-electron chi connectivity index (χ4n) is 5.24. The summed E-state index contributed by atoms with van der Waals surface area (Å²) in [7, 11) is 0. The van der Waals surface area contributed by atoms with Crippen LogP contribution in [0.15, 0.2) is 61.4 Å². The monoisotopic (exact) mass is 549 g/mol. The third-order valence-corrected chi connectivity index (χ3v) is 7.51. The summed E-state index contributed by atoms with van der Waals surface area (Å²) in [6.07, 6.45) is 13.4. The summed E-state index contributed by atoms with van der Waals surface area (Å²) in [6.45, 7) is 3.16. The van der Waals surface area contributed by atoms with Crippen LogP contribution in [0.4, 0.5) is 28.8 Å². The highest BCUT2D eigenvalue weighted by molar-refractivity contribution is 5.93. The molecule has 3 N–H and O–H groups in total. The molecule has 2 aliphatic heterocycles. The molecule has 0 spiro atoms. The second-order valence-corrected chi connectivity index (χ2v) is 10.5. The van der Waals surface area contributed by atoms with Crippen molar-refractivity contribution in [2.45, 2.75) is 39.0 Å². The van der Waals surface area contributed by atoms with Gasteiger partial charge in [0, 0.05) is 61.2 Å². The Labute approximate surface area is 237 Å². The van der Waals surface area contributed by atoms with Crippen LogP contribution in [-0.2, 0) is 17.6 Å². The van der Waals surface area contributed by atoms with Gasteiger partial charge in [0.05, 0.1) is 18.1 Å². The van der Waals surface area contributed by atoms with Crippen LogP contribution in [0.3, 0.4) is 0 Å².